The van der Waals surface area contributed by atoms with E-state index in [1.807, 2.05) is 20.2 Å². The fourth-order valence-electron chi connectivity index (χ4n) is 1.97. The molecule has 0 aliphatic carbocycles. The maximum absolute atomic E-state index is 12.3. The number of amides is 1. The van der Waals surface area contributed by atoms with E-state index < -0.39 is 0 Å². The lowest BCUT2D eigenvalue weighted by Gasteiger charge is -2.13. The van der Waals surface area contributed by atoms with Gasteiger partial charge in [-0.3, -0.25) is 9.48 Å². The standard InChI is InChI=1S/C15H19N3O3/c1-10(12-8-16-18(2)9-12)17-15(19)11-5-13(20-3)7-14(6-11)21-4/h5-10H,1-4H3,(H,17,19)/t10-/m1/s1. The summed E-state index contributed by atoms with van der Waals surface area (Å²) < 4.78 is 12.0. The molecule has 0 spiro atoms. The Bertz CT molecular complexity index is 615. The first-order valence-electron chi connectivity index (χ1n) is 6.56. The van der Waals surface area contributed by atoms with Gasteiger partial charge in [0.15, 0.2) is 0 Å². The number of hydrogen-bond acceptors (Lipinski definition) is 4. The average Bonchev–Trinajstić information content (AvgIpc) is 2.93. The van der Waals surface area contributed by atoms with E-state index in [4.69, 9.17) is 9.47 Å². The van der Waals surface area contributed by atoms with Crippen LogP contribution in [0.15, 0.2) is 30.6 Å². The van der Waals surface area contributed by atoms with Gasteiger partial charge in [-0.05, 0) is 19.1 Å². The highest BCUT2D eigenvalue weighted by atomic mass is 16.5. The number of hydrogen-bond donors (Lipinski definition) is 1. The number of carbonyl (C=O) groups excluding carboxylic acids is 1. The van der Waals surface area contributed by atoms with Gasteiger partial charge in [0.1, 0.15) is 11.5 Å². The summed E-state index contributed by atoms with van der Waals surface area (Å²) in [6.07, 6.45) is 3.61. The van der Waals surface area contributed by atoms with Crippen molar-refractivity contribution in [3.63, 3.8) is 0 Å². The highest BCUT2D eigenvalue weighted by Crippen LogP contribution is 2.23. The SMILES string of the molecule is COc1cc(OC)cc(C(=O)N[C@H](C)c2cnn(C)c2)c1. The Kier molecular flexibility index (Phi) is 4.47. The second-order valence-corrected chi connectivity index (χ2v) is 4.74. The maximum Gasteiger partial charge on any atom is 0.252 e. The summed E-state index contributed by atoms with van der Waals surface area (Å²) in [7, 11) is 4.94. The molecule has 1 amide bonds. The van der Waals surface area contributed by atoms with Crippen molar-refractivity contribution < 1.29 is 14.3 Å². The Morgan fingerprint density at radius 1 is 1.24 bits per heavy atom. The van der Waals surface area contributed by atoms with Gasteiger partial charge in [0.05, 0.1) is 26.5 Å². The number of aryl methyl sites for hydroxylation is 1. The van der Waals surface area contributed by atoms with Crippen LogP contribution in [-0.2, 0) is 7.05 Å². The second kappa shape index (κ2) is 6.30. The highest BCUT2D eigenvalue weighted by molar-refractivity contribution is 5.95. The van der Waals surface area contributed by atoms with Gasteiger partial charge < -0.3 is 14.8 Å². The van der Waals surface area contributed by atoms with Crippen molar-refractivity contribution in [2.45, 2.75) is 13.0 Å². The molecule has 0 saturated heterocycles. The van der Waals surface area contributed by atoms with Crippen LogP contribution in [-0.4, -0.2) is 29.9 Å². The average molecular weight is 289 g/mol. The molecule has 0 aliphatic rings. The maximum atomic E-state index is 12.3. The van der Waals surface area contributed by atoms with Gasteiger partial charge in [-0.1, -0.05) is 0 Å². The van der Waals surface area contributed by atoms with Gasteiger partial charge in [0.25, 0.3) is 5.91 Å². The molecule has 1 atom stereocenters. The molecular formula is C15H19N3O3. The monoisotopic (exact) mass is 289 g/mol. The summed E-state index contributed by atoms with van der Waals surface area (Å²) >= 11 is 0. The summed E-state index contributed by atoms with van der Waals surface area (Å²) in [4.78, 5) is 12.3. The van der Waals surface area contributed by atoms with Crippen LogP contribution in [0.3, 0.4) is 0 Å². The first-order valence-corrected chi connectivity index (χ1v) is 6.56. The van der Waals surface area contributed by atoms with Crippen LogP contribution >= 0.6 is 0 Å². The van der Waals surface area contributed by atoms with Crippen molar-refractivity contribution in [2.24, 2.45) is 7.05 Å². The lowest BCUT2D eigenvalue weighted by Crippen LogP contribution is -2.26. The molecule has 1 N–H and O–H groups in total. The number of aromatic nitrogens is 2. The van der Waals surface area contributed by atoms with E-state index in [9.17, 15) is 4.79 Å². The van der Waals surface area contributed by atoms with Crippen LogP contribution in [0.1, 0.15) is 28.9 Å². The molecule has 0 aliphatic heterocycles. The van der Waals surface area contributed by atoms with Crippen molar-refractivity contribution in [1.29, 1.82) is 0 Å². The third-order valence-corrected chi connectivity index (χ3v) is 3.19. The molecule has 2 aromatic rings. The lowest BCUT2D eigenvalue weighted by molar-refractivity contribution is 0.0939. The molecule has 0 bridgehead atoms. The van der Waals surface area contributed by atoms with E-state index >= 15 is 0 Å². The van der Waals surface area contributed by atoms with Crippen LogP contribution in [0.25, 0.3) is 0 Å². The smallest absolute Gasteiger partial charge is 0.252 e. The minimum absolute atomic E-state index is 0.136. The van der Waals surface area contributed by atoms with Crippen LogP contribution in [0, 0.1) is 0 Å². The van der Waals surface area contributed by atoms with E-state index in [1.165, 1.54) is 0 Å². The normalized spacial score (nSPS) is 11.8. The van der Waals surface area contributed by atoms with Crippen molar-refractivity contribution >= 4 is 5.91 Å². The van der Waals surface area contributed by atoms with E-state index in [-0.39, 0.29) is 11.9 Å². The predicted octanol–water partition coefficient (Wildman–Crippen LogP) is 1.93. The number of rotatable bonds is 5. The molecule has 1 heterocycles. The summed E-state index contributed by atoms with van der Waals surface area (Å²) in [5.74, 6) is 0.964. The van der Waals surface area contributed by atoms with Crippen molar-refractivity contribution in [1.82, 2.24) is 15.1 Å². The quantitative estimate of drug-likeness (QED) is 0.913. The number of carbonyl (C=O) groups is 1. The zero-order chi connectivity index (χ0) is 15.4. The van der Waals surface area contributed by atoms with E-state index in [0.717, 1.165) is 5.56 Å². The third kappa shape index (κ3) is 3.53. The van der Waals surface area contributed by atoms with Crippen LogP contribution < -0.4 is 14.8 Å². The Balaban J connectivity index is 2.16. The Hall–Kier alpha value is -2.50. The number of ether oxygens (including phenoxy) is 2. The molecule has 21 heavy (non-hydrogen) atoms. The number of nitrogens with one attached hydrogen (secondary N) is 1. The minimum atomic E-state index is -0.191. The first kappa shape index (κ1) is 14.9. The van der Waals surface area contributed by atoms with E-state index in [0.29, 0.717) is 17.1 Å². The van der Waals surface area contributed by atoms with E-state index in [1.54, 1.807) is 43.3 Å². The van der Waals surface area contributed by atoms with Crippen LogP contribution in [0.5, 0.6) is 11.5 Å². The topological polar surface area (TPSA) is 65.4 Å². The molecule has 0 fully saturated rings. The van der Waals surface area contributed by atoms with Crippen molar-refractivity contribution in [3.05, 3.63) is 41.7 Å². The van der Waals surface area contributed by atoms with Gasteiger partial charge in [-0.25, -0.2) is 0 Å². The third-order valence-electron chi connectivity index (χ3n) is 3.19. The zero-order valence-electron chi connectivity index (χ0n) is 12.6. The minimum Gasteiger partial charge on any atom is -0.497 e. The highest BCUT2D eigenvalue weighted by Gasteiger charge is 2.14. The molecule has 1 aromatic heterocycles. The summed E-state index contributed by atoms with van der Waals surface area (Å²) in [5, 5.41) is 7.02. The van der Waals surface area contributed by atoms with E-state index in [2.05, 4.69) is 10.4 Å². The fourth-order valence-corrected chi connectivity index (χ4v) is 1.97. The first-order chi connectivity index (χ1) is 10.0. The molecule has 0 saturated carbocycles. The lowest BCUT2D eigenvalue weighted by atomic mass is 10.1. The van der Waals surface area contributed by atoms with Gasteiger partial charge in [0, 0.05) is 30.4 Å². The molecule has 6 nitrogen and oxygen atoms in total. The molecule has 6 heteroatoms. The Morgan fingerprint density at radius 2 is 1.86 bits per heavy atom. The summed E-state index contributed by atoms with van der Waals surface area (Å²) in [6.45, 7) is 1.91. The largest absolute Gasteiger partial charge is 0.497 e. The molecular weight excluding hydrogens is 270 g/mol. The summed E-state index contributed by atoms with van der Waals surface area (Å²) in [6, 6.07) is 4.94. The van der Waals surface area contributed by atoms with Crippen LogP contribution in [0.4, 0.5) is 0 Å². The second-order valence-electron chi connectivity index (χ2n) is 4.74. The Morgan fingerprint density at radius 3 is 2.33 bits per heavy atom. The van der Waals surface area contributed by atoms with Crippen LogP contribution in [0.2, 0.25) is 0 Å². The number of nitrogens with zero attached hydrogens (tertiary/aromatic N) is 2. The van der Waals surface area contributed by atoms with Crippen molar-refractivity contribution in [3.8, 4) is 11.5 Å². The van der Waals surface area contributed by atoms with Gasteiger partial charge in [0.2, 0.25) is 0 Å². The molecule has 1 aromatic carbocycles. The predicted molar refractivity (Wildman–Crippen MR) is 78.6 cm³/mol. The fraction of sp³-hybridized carbons (Fsp3) is 0.333. The molecule has 2 rings (SSSR count). The number of methoxy groups -OCH3 is 2. The van der Waals surface area contributed by atoms with Gasteiger partial charge in [-0.15, -0.1) is 0 Å². The Labute approximate surface area is 123 Å². The molecule has 0 unspecified atom stereocenters. The van der Waals surface area contributed by atoms with Gasteiger partial charge in [-0.2, -0.15) is 5.10 Å². The van der Waals surface area contributed by atoms with Crippen molar-refractivity contribution in [2.75, 3.05) is 14.2 Å². The molecule has 0 radical (unpaired) electrons. The zero-order valence-corrected chi connectivity index (χ0v) is 12.6. The summed E-state index contributed by atoms with van der Waals surface area (Å²) in [5.41, 5.74) is 1.43. The number of benzene rings is 1. The molecule has 112 valence electrons. The van der Waals surface area contributed by atoms with Gasteiger partial charge >= 0.3 is 0 Å².